The van der Waals surface area contributed by atoms with Gasteiger partial charge in [0.25, 0.3) is 0 Å². The van der Waals surface area contributed by atoms with Crippen molar-refractivity contribution in [2.45, 2.75) is 70.4 Å². The summed E-state index contributed by atoms with van der Waals surface area (Å²) in [6.07, 6.45) is 14.0. The van der Waals surface area contributed by atoms with Crippen molar-refractivity contribution in [3.8, 4) is 11.8 Å². The number of fused-ring (bicyclic) bond motifs is 2. The summed E-state index contributed by atoms with van der Waals surface area (Å²) in [5.41, 5.74) is 13.1. The number of hydrogen-bond donors (Lipinski definition) is 1. The minimum Gasteiger partial charge on any atom is -0.384 e. The normalized spacial score (nSPS) is 19.8. The maximum absolute atomic E-state index is 15.6. The number of nitrogen functional groups attached to an aromatic ring is 1. The Labute approximate surface area is 214 Å². The predicted octanol–water partition coefficient (Wildman–Crippen LogP) is 6.42. The van der Waals surface area contributed by atoms with E-state index in [-0.39, 0.29) is 12.0 Å². The van der Waals surface area contributed by atoms with Gasteiger partial charge in [-0.05, 0) is 58.3 Å². The van der Waals surface area contributed by atoms with Gasteiger partial charge in [0.2, 0.25) is 0 Å². The number of pyridine rings is 1. The first-order chi connectivity index (χ1) is 18.1. The fourth-order valence-corrected chi connectivity index (χ4v) is 5.90. The lowest BCUT2D eigenvalue weighted by Gasteiger charge is -2.24. The fourth-order valence-electron chi connectivity index (χ4n) is 5.90. The molecule has 0 spiro atoms. The summed E-state index contributed by atoms with van der Waals surface area (Å²) in [4.78, 5) is 4.83. The van der Waals surface area contributed by atoms with Gasteiger partial charge in [0.05, 0.1) is 28.6 Å². The summed E-state index contributed by atoms with van der Waals surface area (Å²) in [5, 5.41) is 16.3. The molecule has 3 aromatic heterocycles. The van der Waals surface area contributed by atoms with Crippen molar-refractivity contribution in [3.63, 3.8) is 0 Å². The lowest BCUT2D eigenvalue weighted by Crippen LogP contribution is -2.19. The number of rotatable bonds is 4. The van der Waals surface area contributed by atoms with Crippen molar-refractivity contribution >= 4 is 33.7 Å². The molecule has 0 bridgehead atoms. The van der Waals surface area contributed by atoms with Crippen LogP contribution in [-0.4, -0.2) is 25.9 Å². The molecule has 7 nitrogen and oxygen atoms in total. The molecule has 2 N–H and O–H groups in total. The van der Waals surface area contributed by atoms with Gasteiger partial charge in [0.1, 0.15) is 23.3 Å². The summed E-state index contributed by atoms with van der Waals surface area (Å²) >= 11 is 0. The molecule has 188 valence electrons. The van der Waals surface area contributed by atoms with E-state index in [2.05, 4.69) is 17.2 Å². The lowest BCUT2D eigenvalue weighted by molar-refractivity contribution is -0.0366. The third-order valence-corrected chi connectivity index (χ3v) is 8.25. The first-order valence-corrected chi connectivity index (χ1v) is 13.3. The average Bonchev–Trinajstić information content (AvgIpc) is 3.58. The van der Waals surface area contributed by atoms with Gasteiger partial charge in [-0.15, -0.1) is 0 Å². The number of anilines is 1. The van der Waals surface area contributed by atoms with E-state index in [1.807, 2.05) is 4.57 Å². The summed E-state index contributed by atoms with van der Waals surface area (Å²) in [7, 11) is 0. The van der Waals surface area contributed by atoms with Gasteiger partial charge in [-0.3, -0.25) is 9.55 Å². The first-order valence-electron chi connectivity index (χ1n) is 13.3. The van der Waals surface area contributed by atoms with Crippen molar-refractivity contribution < 1.29 is 9.13 Å². The van der Waals surface area contributed by atoms with E-state index in [4.69, 9.17) is 15.5 Å². The third kappa shape index (κ3) is 3.41. The van der Waals surface area contributed by atoms with E-state index >= 15 is 4.39 Å². The summed E-state index contributed by atoms with van der Waals surface area (Å²) in [6, 6.07) is 3.84. The highest BCUT2D eigenvalue weighted by molar-refractivity contribution is 6.02. The van der Waals surface area contributed by atoms with Gasteiger partial charge in [0, 0.05) is 46.7 Å². The van der Waals surface area contributed by atoms with E-state index in [9.17, 15) is 5.26 Å². The van der Waals surface area contributed by atoms with E-state index in [0.717, 1.165) is 67.1 Å². The lowest BCUT2D eigenvalue weighted by atomic mass is 9.89. The highest BCUT2D eigenvalue weighted by atomic mass is 19.1. The molecule has 0 amide bonds. The number of hydrogen-bond acceptors (Lipinski definition) is 5. The molecule has 2 aliphatic carbocycles. The zero-order valence-electron chi connectivity index (χ0n) is 20.9. The van der Waals surface area contributed by atoms with Crippen LogP contribution in [0.5, 0.6) is 0 Å². The molecular weight excluding hydrogens is 467 g/mol. The average molecular weight is 497 g/mol. The van der Waals surface area contributed by atoms with Gasteiger partial charge >= 0.3 is 0 Å². The van der Waals surface area contributed by atoms with Crippen LogP contribution in [0.2, 0.25) is 0 Å². The molecule has 3 fully saturated rings. The number of halogens is 1. The predicted molar refractivity (Wildman–Crippen MR) is 141 cm³/mol. The van der Waals surface area contributed by atoms with Gasteiger partial charge < -0.3 is 10.5 Å². The largest absolute Gasteiger partial charge is 0.384 e. The number of nitrogens with zero attached hydrogens (tertiary/aromatic N) is 5. The number of nitriles is 1. The van der Waals surface area contributed by atoms with Crippen LogP contribution in [0, 0.1) is 24.1 Å². The Morgan fingerprint density at radius 1 is 1.16 bits per heavy atom. The molecule has 2 saturated carbocycles. The molecule has 7 rings (SSSR count). The Balaban J connectivity index is 1.56. The molecule has 1 unspecified atom stereocenters. The van der Waals surface area contributed by atoms with Gasteiger partial charge in [-0.25, -0.2) is 9.07 Å². The maximum atomic E-state index is 15.6. The maximum Gasteiger partial charge on any atom is 0.150 e. The highest BCUT2D eigenvalue weighted by Crippen LogP contribution is 2.46. The van der Waals surface area contributed by atoms with Crippen molar-refractivity contribution in [1.29, 1.82) is 5.26 Å². The van der Waals surface area contributed by atoms with Crippen LogP contribution >= 0.6 is 0 Å². The van der Waals surface area contributed by atoms with Crippen molar-refractivity contribution in [2.24, 2.45) is 0 Å². The van der Waals surface area contributed by atoms with Crippen LogP contribution in [0.1, 0.15) is 85.9 Å². The van der Waals surface area contributed by atoms with Gasteiger partial charge in [-0.2, -0.15) is 10.4 Å². The van der Waals surface area contributed by atoms with E-state index in [0.29, 0.717) is 46.1 Å². The second-order valence-corrected chi connectivity index (χ2v) is 10.6. The third-order valence-electron chi connectivity index (χ3n) is 8.25. The SMILES string of the molecule is Cc1c(F)cc2c(cnn2C2CCCCO2)c1-n1c(N)c(C#N)c2cnc(C3CC3)c(C=C3CCC3)c21. The van der Waals surface area contributed by atoms with Gasteiger partial charge in [-0.1, -0.05) is 11.6 Å². The Kier molecular flexibility index (Phi) is 5.12. The number of nitrogens with two attached hydrogens (primary N) is 1. The topological polar surface area (TPSA) is 94.7 Å². The van der Waals surface area contributed by atoms with Crippen LogP contribution in [0.3, 0.4) is 0 Å². The zero-order chi connectivity index (χ0) is 25.3. The molecule has 4 aromatic rings. The summed E-state index contributed by atoms with van der Waals surface area (Å²) in [5.74, 6) is 0.374. The molecule has 1 aliphatic heterocycles. The van der Waals surface area contributed by atoms with Gasteiger partial charge in [0.15, 0.2) is 6.23 Å². The second-order valence-electron chi connectivity index (χ2n) is 10.6. The van der Waals surface area contributed by atoms with Crippen LogP contribution in [0.15, 0.2) is 24.0 Å². The molecule has 4 heterocycles. The number of allylic oxidation sites excluding steroid dienone is 1. The molecule has 37 heavy (non-hydrogen) atoms. The Hall–Kier alpha value is -3.70. The van der Waals surface area contributed by atoms with E-state index in [1.165, 1.54) is 12.0 Å². The van der Waals surface area contributed by atoms with Crippen LogP contribution in [0.4, 0.5) is 10.2 Å². The summed E-state index contributed by atoms with van der Waals surface area (Å²) < 4.78 is 25.3. The minimum atomic E-state index is -0.338. The zero-order valence-corrected chi connectivity index (χ0v) is 20.9. The molecule has 1 saturated heterocycles. The van der Waals surface area contributed by atoms with E-state index in [1.54, 1.807) is 30.1 Å². The molecule has 1 atom stereocenters. The molecular formula is C29H29FN6O. The van der Waals surface area contributed by atoms with E-state index < -0.39 is 0 Å². The molecule has 8 heteroatoms. The van der Waals surface area contributed by atoms with Crippen molar-refractivity contribution in [3.05, 3.63) is 52.2 Å². The number of ether oxygens (including phenoxy) is 1. The smallest absolute Gasteiger partial charge is 0.150 e. The van der Waals surface area contributed by atoms with Crippen molar-refractivity contribution in [1.82, 2.24) is 19.3 Å². The van der Waals surface area contributed by atoms with Crippen LogP contribution in [0.25, 0.3) is 33.6 Å². The standard InChI is InChI=1S/C29H29FN6O/c1-16-23(30)12-24-22(15-34-36(24)25-7-2-3-10-37-25)27(16)35-28-19(11-17-5-4-6-17)26(18-8-9-18)33-14-21(28)20(13-31)29(35)32/h11-12,14-15,18,25H,2-10,32H2,1H3. The second kappa shape index (κ2) is 8.42. The monoisotopic (exact) mass is 496 g/mol. The Morgan fingerprint density at radius 3 is 2.68 bits per heavy atom. The minimum absolute atomic E-state index is 0.223. The highest BCUT2D eigenvalue weighted by Gasteiger charge is 2.32. The first kappa shape index (κ1) is 22.5. The van der Waals surface area contributed by atoms with Crippen LogP contribution < -0.4 is 5.73 Å². The Morgan fingerprint density at radius 2 is 2.00 bits per heavy atom. The van der Waals surface area contributed by atoms with Crippen LogP contribution in [-0.2, 0) is 4.74 Å². The number of benzene rings is 1. The van der Waals surface area contributed by atoms with Crippen molar-refractivity contribution in [2.75, 3.05) is 12.3 Å². The number of aromatic nitrogens is 4. The summed E-state index contributed by atoms with van der Waals surface area (Å²) in [6.45, 7) is 2.44. The molecule has 0 radical (unpaired) electrons. The Bertz CT molecular complexity index is 1640. The fraction of sp³-hybridized carbons (Fsp3) is 0.414. The molecule has 1 aromatic carbocycles. The molecule has 3 aliphatic rings. The quantitative estimate of drug-likeness (QED) is 0.352.